The maximum atomic E-state index is 13.1. The Kier molecular flexibility index (Phi) is 3.54. The van der Waals surface area contributed by atoms with Gasteiger partial charge in [0.25, 0.3) is 5.91 Å². The van der Waals surface area contributed by atoms with Crippen LogP contribution in [0.3, 0.4) is 0 Å². The fourth-order valence-corrected chi connectivity index (χ4v) is 3.16. The summed E-state index contributed by atoms with van der Waals surface area (Å²) in [6.07, 6.45) is 1.80. The Labute approximate surface area is 145 Å². The minimum Gasteiger partial charge on any atom is -0.338 e. The van der Waals surface area contributed by atoms with E-state index < -0.39 is 0 Å². The number of amides is 1. The topological polar surface area (TPSA) is 50.2 Å². The molecule has 0 fully saturated rings. The number of carbonyl (C=O) groups is 1. The van der Waals surface area contributed by atoms with Crippen molar-refractivity contribution >= 4 is 35.7 Å². The largest absolute Gasteiger partial charge is 0.338 e. The maximum Gasteiger partial charge on any atom is 0.258 e. The van der Waals surface area contributed by atoms with Gasteiger partial charge in [0.2, 0.25) is 0 Å². The minimum absolute atomic E-state index is 0.0585. The predicted molar refractivity (Wildman–Crippen MR) is 97.1 cm³/mol. The van der Waals surface area contributed by atoms with Crippen LogP contribution in [-0.4, -0.2) is 15.7 Å². The van der Waals surface area contributed by atoms with E-state index in [1.165, 1.54) is 0 Å². The van der Waals surface area contributed by atoms with Crippen molar-refractivity contribution in [3.63, 3.8) is 0 Å². The lowest BCUT2D eigenvalue weighted by molar-refractivity contribution is 0.0985. The number of hydrogen-bond donors (Lipinski definition) is 2. The van der Waals surface area contributed by atoms with E-state index in [-0.39, 0.29) is 5.91 Å². The Morgan fingerprint density at radius 2 is 2.04 bits per heavy atom. The molecule has 2 aromatic carbocycles. The molecule has 1 aliphatic rings. The van der Waals surface area contributed by atoms with Gasteiger partial charge in [-0.1, -0.05) is 18.2 Å². The van der Waals surface area contributed by atoms with E-state index in [2.05, 4.69) is 23.0 Å². The van der Waals surface area contributed by atoms with Crippen molar-refractivity contribution in [1.29, 1.82) is 0 Å². The molecule has 4 rings (SSSR count). The van der Waals surface area contributed by atoms with Crippen molar-refractivity contribution in [2.45, 2.75) is 11.4 Å². The molecule has 5 nitrogen and oxygen atoms in total. The molecule has 0 spiro atoms. The zero-order chi connectivity index (χ0) is 16.7. The van der Waals surface area contributed by atoms with Crippen LogP contribution in [0.5, 0.6) is 0 Å². The Bertz CT molecular complexity index is 934. The molecule has 1 aliphatic heterocycles. The van der Waals surface area contributed by atoms with Crippen molar-refractivity contribution in [3.8, 4) is 0 Å². The molecule has 0 bridgehead atoms. The van der Waals surface area contributed by atoms with E-state index >= 15 is 0 Å². The molecule has 0 unspecified atom stereocenters. The standard InChI is InChI=1S/C18H16N4OS/c1-21-17-13(10-19-21)11-22(16-8-3-2-7-15(16)20-17)18(23)12-5-4-6-14(24)9-12/h2-10,20,24H,11H2,1H3. The lowest BCUT2D eigenvalue weighted by atomic mass is 10.1. The van der Waals surface area contributed by atoms with Crippen molar-refractivity contribution in [1.82, 2.24) is 9.78 Å². The van der Waals surface area contributed by atoms with E-state index in [1.807, 2.05) is 49.5 Å². The first-order valence-corrected chi connectivity index (χ1v) is 8.06. The van der Waals surface area contributed by atoms with Gasteiger partial charge in [0.1, 0.15) is 5.82 Å². The third-order valence-electron chi connectivity index (χ3n) is 4.13. The number of fused-ring (bicyclic) bond motifs is 2. The monoisotopic (exact) mass is 336 g/mol. The van der Waals surface area contributed by atoms with Gasteiger partial charge in [-0.2, -0.15) is 5.10 Å². The fourth-order valence-electron chi connectivity index (χ4n) is 2.93. The van der Waals surface area contributed by atoms with Crippen molar-refractivity contribution < 1.29 is 4.79 Å². The quantitative estimate of drug-likeness (QED) is 0.668. The average molecular weight is 336 g/mol. The first-order valence-electron chi connectivity index (χ1n) is 7.61. The summed E-state index contributed by atoms with van der Waals surface area (Å²) in [4.78, 5) is 15.7. The van der Waals surface area contributed by atoms with Crippen molar-refractivity contribution in [3.05, 3.63) is 65.9 Å². The number of aromatic nitrogens is 2. The van der Waals surface area contributed by atoms with Crippen LogP contribution in [0.15, 0.2) is 59.6 Å². The lowest BCUT2D eigenvalue weighted by Crippen LogP contribution is -2.29. The summed E-state index contributed by atoms with van der Waals surface area (Å²) in [6, 6.07) is 15.1. The van der Waals surface area contributed by atoms with Gasteiger partial charge in [-0.15, -0.1) is 12.6 Å². The van der Waals surface area contributed by atoms with Crippen LogP contribution in [0.25, 0.3) is 0 Å². The fraction of sp³-hybridized carbons (Fsp3) is 0.111. The molecule has 3 aromatic rings. The number of nitrogens with one attached hydrogen (secondary N) is 1. The molecule has 120 valence electrons. The molecule has 24 heavy (non-hydrogen) atoms. The van der Waals surface area contributed by atoms with Gasteiger partial charge in [0, 0.05) is 23.1 Å². The average Bonchev–Trinajstić information content (AvgIpc) is 2.84. The number of hydrogen-bond acceptors (Lipinski definition) is 4. The number of rotatable bonds is 1. The zero-order valence-electron chi connectivity index (χ0n) is 13.1. The molecule has 1 aromatic heterocycles. The maximum absolute atomic E-state index is 13.1. The summed E-state index contributed by atoms with van der Waals surface area (Å²) >= 11 is 4.34. The lowest BCUT2D eigenvalue weighted by Gasteiger charge is -2.22. The normalized spacial score (nSPS) is 12.8. The smallest absolute Gasteiger partial charge is 0.258 e. The summed E-state index contributed by atoms with van der Waals surface area (Å²) in [6.45, 7) is 0.461. The minimum atomic E-state index is -0.0585. The predicted octanol–water partition coefficient (Wildman–Crippen LogP) is 3.61. The molecule has 0 saturated carbocycles. The van der Waals surface area contributed by atoms with E-state index in [0.29, 0.717) is 12.1 Å². The van der Waals surface area contributed by atoms with Crippen molar-refractivity contribution in [2.24, 2.45) is 7.05 Å². The Hall–Kier alpha value is -2.73. The highest BCUT2D eigenvalue weighted by Crippen LogP contribution is 2.36. The van der Waals surface area contributed by atoms with Crippen LogP contribution >= 0.6 is 12.6 Å². The van der Waals surface area contributed by atoms with Crippen LogP contribution in [0.2, 0.25) is 0 Å². The van der Waals surface area contributed by atoms with E-state index in [1.54, 1.807) is 21.8 Å². The second kappa shape index (κ2) is 5.72. The van der Waals surface area contributed by atoms with E-state index in [9.17, 15) is 4.79 Å². The number of anilines is 3. The van der Waals surface area contributed by atoms with Crippen LogP contribution in [0.1, 0.15) is 15.9 Å². The van der Waals surface area contributed by atoms with Gasteiger partial charge < -0.3 is 10.2 Å². The highest BCUT2D eigenvalue weighted by Gasteiger charge is 2.26. The van der Waals surface area contributed by atoms with Gasteiger partial charge >= 0.3 is 0 Å². The summed E-state index contributed by atoms with van der Waals surface area (Å²) in [5.74, 6) is 0.845. The number of nitrogens with zero attached hydrogens (tertiary/aromatic N) is 3. The Morgan fingerprint density at radius 1 is 1.21 bits per heavy atom. The Balaban J connectivity index is 1.83. The third kappa shape index (κ3) is 2.45. The molecule has 1 amide bonds. The first-order chi connectivity index (χ1) is 11.6. The zero-order valence-corrected chi connectivity index (χ0v) is 14.0. The highest BCUT2D eigenvalue weighted by atomic mass is 32.1. The molecule has 6 heteroatoms. The van der Waals surface area contributed by atoms with Crippen molar-refractivity contribution in [2.75, 3.05) is 10.2 Å². The van der Waals surface area contributed by atoms with Gasteiger partial charge in [-0.3, -0.25) is 9.48 Å². The number of para-hydroxylation sites is 2. The summed E-state index contributed by atoms with van der Waals surface area (Å²) in [7, 11) is 1.89. The molecule has 1 N–H and O–H groups in total. The number of carbonyl (C=O) groups excluding carboxylic acids is 1. The molecule has 0 atom stereocenters. The van der Waals surface area contributed by atoms with Gasteiger partial charge in [-0.25, -0.2) is 0 Å². The molecular weight excluding hydrogens is 320 g/mol. The second-order valence-electron chi connectivity index (χ2n) is 5.73. The van der Waals surface area contributed by atoms with E-state index in [0.717, 1.165) is 27.7 Å². The molecule has 0 radical (unpaired) electrons. The number of aryl methyl sites for hydroxylation is 1. The van der Waals surface area contributed by atoms with Crippen LogP contribution in [-0.2, 0) is 13.6 Å². The van der Waals surface area contributed by atoms with Gasteiger partial charge in [0.05, 0.1) is 24.1 Å². The molecule has 2 heterocycles. The molecule has 0 saturated heterocycles. The number of thiol groups is 1. The van der Waals surface area contributed by atoms with E-state index in [4.69, 9.17) is 0 Å². The van der Waals surface area contributed by atoms with Crippen LogP contribution in [0.4, 0.5) is 17.2 Å². The van der Waals surface area contributed by atoms with Crippen LogP contribution < -0.4 is 10.2 Å². The summed E-state index contributed by atoms with van der Waals surface area (Å²) < 4.78 is 1.79. The molecule has 0 aliphatic carbocycles. The number of benzene rings is 2. The summed E-state index contributed by atoms with van der Waals surface area (Å²) in [5.41, 5.74) is 3.33. The van der Waals surface area contributed by atoms with Gasteiger partial charge in [-0.05, 0) is 30.3 Å². The first kappa shape index (κ1) is 14.8. The SMILES string of the molecule is Cn1ncc2c1Nc1ccccc1N(C(=O)c1cccc(S)c1)C2. The second-order valence-corrected chi connectivity index (χ2v) is 6.24. The van der Waals surface area contributed by atoms with Gasteiger partial charge in [0.15, 0.2) is 0 Å². The summed E-state index contributed by atoms with van der Waals surface area (Å²) in [5, 5.41) is 7.69. The Morgan fingerprint density at radius 3 is 2.88 bits per heavy atom. The molecular formula is C18H16N4OS. The third-order valence-corrected chi connectivity index (χ3v) is 4.41. The highest BCUT2D eigenvalue weighted by molar-refractivity contribution is 7.80. The van der Waals surface area contributed by atoms with Crippen LogP contribution in [0, 0.1) is 0 Å².